The fourth-order valence-electron chi connectivity index (χ4n) is 5.00. The van der Waals surface area contributed by atoms with Gasteiger partial charge in [-0.15, -0.1) is 12.8 Å². The monoisotopic (exact) mass is 534 g/mol. The molecule has 0 bridgehead atoms. The van der Waals surface area contributed by atoms with Crippen LogP contribution in [0.5, 0.6) is 0 Å². The molecule has 39 heavy (non-hydrogen) atoms. The number of carbonyl (C=O) groups excluding carboxylic acids is 1. The molecule has 208 valence electrons. The van der Waals surface area contributed by atoms with Gasteiger partial charge in [-0.3, -0.25) is 0 Å². The fourth-order valence-corrected chi connectivity index (χ4v) is 5.00. The lowest BCUT2D eigenvalue weighted by molar-refractivity contribution is -0.108. The van der Waals surface area contributed by atoms with Crippen molar-refractivity contribution in [3.8, 4) is 12.8 Å². The Morgan fingerprint density at radius 1 is 1.18 bits per heavy atom. The molecule has 1 N–H and O–H groups in total. The summed E-state index contributed by atoms with van der Waals surface area (Å²) >= 11 is 0. The smallest absolute Gasteiger partial charge is 0.213 e. The van der Waals surface area contributed by atoms with Crippen molar-refractivity contribution in [1.29, 1.82) is 0 Å². The number of anilines is 1. The molecule has 2 atom stereocenters. The fraction of sp³-hybridized carbons (Fsp3) is 0.438. The molecule has 0 amide bonds. The predicted molar refractivity (Wildman–Crippen MR) is 158 cm³/mol. The van der Waals surface area contributed by atoms with Crippen molar-refractivity contribution in [3.63, 3.8) is 0 Å². The van der Waals surface area contributed by atoms with Crippen LogP contribution in [0.4, 0.5) is 14.6 Å². The number of halogens is 2. The summed E-state index contributed by atoms with van der Waals surface area (Å²) in [6.45, 7) is 7.48. The van der Waals surface area contributed by atoms with Gasteiger partial charge in [-0.05, 0) is 81.2 Å². The average Bonchev–Trinajstić information content (AvgIpc) is 2.92. The molecule has 1 aromatic rings. The molecule has 2 heterocycles. The molecule has 0 saturated heterocycles. The van der Waals surface area contributed by atoms with E-state index >= 15 is 0 Å². The Balaban J connectivity index is 0.00000260. The van der Waals surface area contributed by atoms with Crippen molar-refractivity contribution in [2.45, 2.75) is 85.1 Å². The van der Waals surface area contributed by atoms with Gasteiger partial charge in [-0.2, -0.15) is 4.39 Å². The maximum atomic E-state index is 14.7. The Morgan fingerprint density at radius 3 is 2.62 bits per heavy atom. The summed E-state index contributed by atoms with van der Waals surface area (Å²) < 4.78 is 28.8. The highest BCUT2D eigenvalue weighted by atomic mass is 19.1. The first kappa shape index (κ1) is 31.6. The summed E-state index contributed by atoms with van der Waals surface area (Å²) in [7, 11) is 0. The van der Waals surface area contributed by atoms with Gasteiger partial charge in [0, 0.05) is 36.7 Å². The van der Waals surface area contributed by atoms with Crippen LogP contribution in [-0.4, -0.2) is 28.5 Å². The molecule has 1 saturated carbocycles. The highest BCUT2D eigenvalue weighted by molar-refractivity contribution is 6.10. The Morgan fingerprint density at radius 2 is 1.92 bits per heavy atom. The molecule has 3 rings (SSSR count). The van der Waals surface area contributed by atoms with E-state index in [0.29, 0.717) is 53.7 Å². The second-order valence-corrected chi connectivity index (χ2v) is 9.74. The normalized spacial score (nSPS) is 23.4. The summed E-state index contributed by atoms with van der Waals surface area (Å²) in [5.74, 6) is 0.599. The van der Waals surface area contributed by atoms with E-state index in [1.165, 1.54) is 12.3 Å². The quantitative estimate of drug-likeness (QED) is 0.143. The minimum Gasteiger partial charge on any atom is -0.367 e. The van der Waals surface area contributed by atoms with E-state index in [1.807, 2.05) is 39.8 Å². The van der Waals surface area contributed by atoms with Gasteiger partial charge in [0.25, 0.3) is 0 Å². The number of terminal acetylenes is 1. The van der Waals surface area contributed by atoms with Crippen LogP contribution < -0.4 is 5.32 Å². The van der Waals surface area contributed by atoms with E-state index in [0.717, 1.165) is 49.5 Å². The van der Waals surface area contributed by atoms with E-state index in [2.05, 4.69) is 23.2 Å². The molecule has 0 aromatic carbocycles. The molecule has 0 spiro atoms. The Kier molecular flexibility index (Phi) is 13.2. The van der Waals surface area contributed by atoms with Crippen molar-refractivity contribution in [2.75, 3.05) is 5.32 Å². The third-order valence-corrected chi connectivity index (χ3v) is 6.98. The number of allylic oxidation sites excluding steroid dienone is 9. The lowest BCUT2D eigenvalue weighted by atomic mass is 9.82. The van der Waals surface area contributed by atoms with Gasteiger partial charge < -0.3 is 10.1 Å². The van der Waals surface area contributed by atoms with Crippen molar-refractivity contribution in [1.82, 2.24) is 9.97 Å². The maximum Gasteiger partial charge on any atom is 0.213 e. The number of carbonyl (C=O) groups is 1. The van der Waals surface area contributed by atoms with Gasteiger partial charge in [0.15, 0.2) is 5.82 Å². The summed E-state index contributed by atoms with van der Waals surface area (Å²) in [4.78, 5) is 24.5. The van der Waals surface area contributed by atoms with Crippen LogP contribution in [0.2, 0.25) is 0 Å². The Labute approximate surface area is 232 Å². The molecule has 0 radical (unpaired) electrons. The molecule has 1 aliphatic heterocycles. The van der Waals surface area contributed by atoms with Gasteiger partial charge in [0.2, 0.25) is 5.95 Å². The van der Waals surface area contributed by atoms with Crippen LogP contribution >= 0.6 is 0 Å². The van der Waals surface area contributed by atoms with Gasteiger partial charge in [0.1, 0.15) is 17.9 Å². The predicted octanol–water partition coefficient (Wildman–Crippen LogP) is 8.04. The molecular weight excluding hydrogens is 494 g/mol. The number of hydrogen-bond donors (Lipinski definition) is 1. The van der Waals surface area contributed by atoms with Crippen LogP contribution in [0.1, 0.15) is 84.2 Å². The first-order valence-electron chi connectivity index (χ1n) is 13.6. The minimum absolute atomic E-state index is 0.190. The number of aldehydes is 1. The van der Waals surface area contributed by atoms with Crippen molar-refractivity contribution >= 4 is 23.9 Å². The first-order chi connectivity index (χ1) is 18.8. The molecular formula is C32H40F2N4O. The summed E-state index contributed by atoms with van der Waals surface area (Å²) in [5, 5.41) is 3.59. The van der Waals surface area contributed by atoms with Crippen molar-refractivity contribution < 1.29 is 13.6 Å². The zero-order valence-electron chi connectivity index (χ0n) is 23.5. The number of hydrogen-bond acceptors (Lipinski definition) is 5. The molecule has 1 fully saturated rings. The lowest BCUT2D eigenvalue weighted by Gasteiger charge is -2.32. The van der Waals surface area contributed by atoms with Crippen LogP contribution in [0.15, 0.2) is 63.9 Å². The van der Waals surface area contributed by atoms with Gasteiger partial charge in [0.05, 0.1) is 5.69 Å². The zero-order chi connectivity index (χ0) is 28.8. The Bertz CT molecular complexity index is 1200. The van der Waals surface area contributed by atoms with E-state index < -0.39 is 5.95 Å². The largest absolute Gasteiger partial charge is 0.367 e. The van der Waals surface area contributed by atoms with Gasteiger partial charge >= 0.3 is 0 Å². The third-order valence-electron chi connectivity index (χ3n) is 6.98. The number of aromatic nitrogens is 2. The van der Waals surface area contributed by atoms with E-state index in [-0.39, 0.29) is 11.9 Å². The van der Waals surface area contributed by atoms with E-state index in [9.17, 15) is 13.6 Å². The molecule has 1 aromatic heterocycles. The van der Waals surface area contributed by atoms with Gasteiger partial charge in [-0.1, -0.05) is 31.9 Å². The maximum absolute atomic E-state index is 14.7. The number of nitrogens with one attached hydrogen (secondary N) is 1. The number of nitrogens with zero attached hydrogens (tertiary/aromatic N) is 3. The van der Waals surface area contributed by atoms with Crippen LogP contribution in [0.25, 0.3) is 5.57 Å². The number of rotatable bonds is 10. The van der Waals surface area contributed by atoms with Crippen LogP contribution in [0.3, 0.4) is 0 Å². The van der Waals surface area contributed by atoms with Crippen LogP contribution in [-0.2, 0) is 11.2 Å². The second-order valence-electron chi connectivity index (χ2n) is 9.74. The summed E-state index contributed by atoms with van der Waals surface area (Å²) in [6, 6.07) is 2.05. The van der Waals surface area contributed by atoms with Crippen molar-refractivity contribution in [2.24, 2.45) is 10.9 Å². The molecule has 2 unspecified atom stereocenters. The summed E-state index contributed by atoms with van der Waals surface area (Å²) in [5.41, 5.74) is 3.52. The lowest BCUT2D eigenvalue weighted by Crippen LogP contribution is -2.32. The Hall–Kier alpha value is -3.66. The van der Waals surface area contributed by atoms with Crippen LogP contribution in [0, 0.1) is 18.8 Å². The topological polar surface area (TPSA) is 67.2 Å². The SMILES string of the molecule is C#C.C/C=C(CC)\C(F)=C/Cc1cc(NC2CCCCC2CCC=O)nc(/C2=C(C)\C=C(\C)C=C(F)N=C2)n1. The van der Waals surface area contributed by atoms with E-state index in [1.54, 1.807) is 12.2 Å². The van der Waals surface area contributed by atoms with E-state index in [4.69, 9.17) is 9.97 Å². The minimum atomic E-state index is -0.586. The highest BCUT2D eigenvalue weighted by Gasteiger charge is 2.25. The number of aliphatic imine (C=N–C) groups is 1. The molecule has 1 aliphatic carbocycles. The first-order valence-corrected chi connectivity index (χ1v) is 13.6. The third kappa shape index (κ3) is 9.55. The highest BCUT2D eigenvalue weighted by Crippen LogP contribution is 2.31. The average molecular weight is 535 g/mol. The molecule has 5 nitrogen and oxygen atoms in total. The van der Waals surface area contributed by atoms with Crippen molar-refractivity contribution in [3.05, 3.63) is 70.4 Å². The molecule has 2 aliphatic rings. The van der Waals surface area contributed by atoms with Gasteiger partial charge in [-0.25, -0.2) is 19.4 Å². The zero-order valence-corrected chi connectivity index (χ0v) is 23.5. The molecule has 7 heteroatoms. The summed E-state index contributed by atoms with van der Waals surface area (Å²) in [6.07, 6.45) is 23.6. The second kappa shape index (κ2) is 16.3. The standard InChI is InChI=1S/C30H38F2N4O.C2H2/c1-5-22(6-2)26(31)14-13-24-18-29(35-27-12-8-7-10-23(27)11-9-15-37)36-30(34-24)25-19-33-28(32)17-20(3)16-21(25)4;1-2/h5,14-19,23,27H,6-13H2,1-4H3,(H,34,35,36);1-2H/b20-16-,20-17?,21-16?,22-5-,25-19?,25-21-,26-14+,28-17?,33-19?,33-28?;.